The molecule has 0 N–H and O–H groups in total. The second-order valence-corrected chi connectivity index (χ2v) is 6.40. The van der Waals surface area contributed by atoms with Crippen molar-refractivity contribution in [3.05, 3.63) is 72.2 Å². The largest absolute Gasteiger partial charge is 0.497 e. The van der Waals surface area contributed by atoms with Crippen LogP contribution >= 0.6 is 0 Å². The van der Waals surface area contributed by atoms with Gasteiger partial charge in [0.05, 0.1) is 30.9 Å². The highest BCUT2D eigenvalue weighted by molar-refractivity contribution is 5.59. The van der Waals surface area contributed by atoms with E-state index in [1.807, 2.05) is 65.6 Å². The zero-order chi connectivity index (χ0) is 21.5. The molecule has 0 aliphatic heterocycles. The van der Waals surface area contributed by atoms with E-state index in [2.05, 4.69) is 29.3 Å². The Balaban J connectivity index is 0.000000806. The Morgan fingerprint density at radius 2 is 1.63 bits per heavy atom. The van der Waals surface area contributed by atoms with Gasteiger partial charge in [-0.1, -0.05) is 12.1 Å². The van der Waals surface area contributed by atoms with Crippen molar-refractivity contribution in [2.45, 2.75) is 20.3 Å². The van der Waals surface area contributed by atoms with Gasteiger partial charge in [-0.05, 0) is 67.4 Å². The summed E-state index contributed by atoms with van der Waals surface area (Å²) in [4.78, 5) is 16.2. The third-order valence-corrected chi connectivity index (χ3v) is 4.73. The molecule has 4 rings (SSSR count). The molecule has 8 heteroatoms. The third-order valence-electron chi connectivity index (χ3n) is 4.73. The first-order valence-electron chi connectivity index (χ1n) is 9.31. The van der Waals surface area contributed by atoms with Gasteiger partial charge in [0.25, 0.3) is 0 Å². The number of hydrogen-bond donors (Lipinski definition) is 0. The normalized spacial score (nSPS) is 10.1. The highest BCUT2D eigenvalue weighted by Crippen LogP contribution is 2.22. The molecule has 0 fully saturated rings. The van der Waals surface area contributed by atoms with E-state index in [0.717, 1.165) is 34.8 Å². The summed E-state index contributed by atoms with van der Waals surface area (Å²) in [5.41, 5.74) is 6.24. The maximum Gasteiger partial charge on any atom is 0.373 e. The monoisotopic (exact) mass is 403 g/mol. The van der Waals surface area contributed by atoms with Crippen LogP contribution in [0.15, 0.2) is 60.9 Å². The summed E-state index contributed by atoms with van der Waals surface area (Å²) in [5, 5.41) is 13.0. The van der Waals surface area contributed by atoms with Crippen LogP contribution in [-0.2, 0) is 16.0 Å². The maximum atomic E-state index is 8.12. The molecule has 4 aromatic rings. The summed E-state index contributed by atoms with van der Waals surface area (Å²) >= 11 is 0. The summed E-state index contributed by atoms with van der Waals surface area (Å²) in [6.45, 7) is 4.24. The average Bonchev–Trinajstić information content (AvgIpc) is 3.41. The van der Waals surface area contributed by atoms with E-state index in [4.69, 9.17) is 14.3 Å². The second-order valence-electron chi connectivity index (χ2n) is 6.40. The fourth-order valence-corrected chi connectivity index (χ4v) is 3.08. The summed E-state index contributed by atoms with van der Waals surface area (Å²) in [5.74, 6) is 0.821. The zero-order valence-corrected chi connectivity index (χ0v) is 16.9. The van der Waals surface area contributed by atoms with Gasteiger partial charge in [0, 0.05) is 11.3 Å². The van der Waals surface area contributed by atoms with Crippen LogP contribution in [0.3, 0.4) is 0 Å². The summed E-state index contributed by atoms with van der Waals surface area (Å²) in [6, 6.07) is 15.9. The van der Waals surface area contributed by atoms with E-state index >= 15 is 0 Å². The van der Waals surface area contributed by atoms with Crippen molar-refractivity contribution in [2.24, 2.45) is 0 Å². The number of benzene rings is 2. The van der Waals surface area contributed by atoms with Crippen LogP contribution in [0.1, 0.15) is 18.2 Å². The predicted octanol–water partition coefficient (Wildman–Crippen LogP) is 3.42. The molecule has 0 bridgehead atoms. The zero-order valence-electron chi connectivity index (χ0n) is 16.9. The van der Waals surface area contributed by atoms with Gasteiger partial charge in [0.1, 0.15) is 11.4 Å². The van der Waals surface area contributed by atoms with Crippen LogP contribution in [0.2, 0.25) is 0 Å². The lowest BCUT2D eigenvalue weighted by Gasteiger charge is -2.06. The molecule has 0 unspecified atom stereocenters. The number of nitrogens with zero attached hydrogens (tertiary/aromatic N) is 5. The Labute approximate surface area is 173 Å². The summed E-state index contributed by atoms with van der Waals surface area (Å²) in [7, 11) is 1.66. The number of aromatic nitrogens is 5. The van der Waals surface area contributed by atoms with Gasteiger partial charge in [-0.3, -0.25) is 0 Å². The van der Waals surface area contributed by atoms with Gasteiger partial charge >= 0.3 is 6.15 Å². The van der Waals surface area contributed by atoms with Gasteiger partial charge in [-0.15, -0.1) is 5.10 Å². The Bertz CT molecular complexity index is 1140. The minimum Gasteiger partial charge on any atom is -0.497 e. The Kier molecular flexibility index (Phi) is 6.52. The molecule has 0 atom stereocenters. The molecular weight excluding hydrogens is 382 g/mol. The molecule has 0 aliphatic carbocycles. The van der Waals surface area contributed by atoms with Crippen molar-refractivity contribution in [1.82, 2.24) is 24.8 Å². The van der Waals surface area contributed by atoms with Crippen LogP contribution in [0.25, 0.3) is 22.6 Å². The van der Waals surface area contributed by atoms with Crippen LogP contribution in [-0.4, -0.2) is 38.0 Å². The van der Waals surface area contributed by atoms with Gasteiger partial charge < -0.3 is 4.74 Å². The number of hydrogen-bond acceptors (Lipinski definition) is 6. The van der Waals surface area contributed by atoms with Crippen molar-refractivity contribution in [3.63, 3.8) is 0 Å². The molecule has 0 aliphatic rings. The smallest absolute Gasteiger partial charge is 0.373 e. The quantitative estimate of drug-likeness (QED) is 0.507. The molecular formula is C22H21N5O3. The molecule has 2 aromatic carbocycles. The van der Waals surface area contributed by atoms with Crippen molar-refractivity contribution >= 4 is 6.15 Å². The van der Waals surface area contributed by atoms with Gasteiger partial charge in [-0.25, -0.2) is 9.36 Å². The first-order valence-corrected chi connectivity index (χ1v) is 9.31. The van der Waals surface area contributed by atoms with Crippen LogP contribution in [0.4, 0.5) is 0 Å². The lowest BCUT2D eigenvalue weighted by molar-refractivity contribution is -0.191. The van der Waals surface area contributed by atoms with E-state index in [1.54, 1.807) is 11.8 Å². The van der Waals surface area contributed by atoms with Crippen LogP contribution in [0.5, 0.6) is 5.75 Å². The lowest BCUT2D eigenvalue weighted by atomic mass is 10.1. The molecule has 8 nitrogen and oxygen atoms in total. The molecule has 0 saturated carbocycles. The molecule has 0 spiro atoms. The topological polar surface area (TPSA) is 91.9 Å². The van der Waals surface area contributed by atoms with Crippen LogP contribution in [0, 0.1) is 6.92 Å². The van der Waals surface area contributed by atoms with Crippen molar-refractivity contribution in [3.8, 4) is 28.4 Å². The number of carbonyl (C=O) groups excluding carboxylic acids is 2. The predicted molar refractivity (Wildman–Crippen MR) is 110 cm³/mol. The molecule has 0 amide bonds. The number of aryl methyl sites for hydroxylation is 1. The van der Waals surface area contributed by atoms with E-state index < -0.39 is 0 Å². The van der Waals surface area contributed by atoms with Gasteiger partial charge in [-0.2, -0.15) is 14.7 Å². The number of methoxy groups -OCH3 is 1. The van der Waals surface area contributed by atoms with E-state index in [9.17, 15) is 0 Å². The summed E-state index contributed by atoms with van der Waals surface area (Å²) in [6.07, 6.45) is 5.09. The van der Waals surface area contributed by atoms with Crippen molar-refractivity contribution in [1.29, 1.82) is 0 Å². The molecule has 2 heterocycles. The highest BCUT2D eigenvalue weighted by Gasteiger charge is 2.09. The summed E-state index contributed by atoms with van der Waals surface area (Å²) < 4.78 is 8.94. The van der Waals surface area contributed by atoms with Gasteiger partial charge in [0.2, 0.25) is 0 Å². The Morgan fingerprint density at radius 3 is 2.20 bits per heavy atom. The average molecular weight is 403 g/mol. The molecule has 2 aromatic heterocycles. The van der Waals surface area contributed by atoms with E-state index in [0.29, 0.717) is 0 Å². The standard InChI is InChI=1S/C21H21N5O.CO2/c1-4-16-13-22-26(15(16)2)19-9-7-18(8-10-19)25-14-21(23-24-25)17-5-11-20(27-3)12-6-17;2-1-3/h5-14H,4H2,1-3H3;. The Morgan fingerprint density at radius 1 is 1.00 bits per heavy atom. The first-order chi connectivity index (χ1) is 14.6. The SMILES string of the molecule is CCc1cnn(-c2ccc(-n3cc(-c4ccc(OC)cc4)nn3)cc2)c1C.O=C=O. The van der Waals surface area contributed by atoms with Crippen molar-refractivity contribution < 1.29 is 14.3 Å². The number of ether oxygens (including phenoxy) is 1. The van der Waals surface area contributed by atoms with E-state index in [1.165, 1.54) is 11.3 Å². The molecule has 0 saturated heterocycles. The second kappa shape index (κ2) is 9.45. The minimum atomic E-state index is 0.250. The van der Waals surface area contributed by atoms with E-state index in [-0.39, 0.29) is 6.15 Å². The van der Waals surface area contributed by atoms with Crippen molar-refractivity contribution in [2.75, 3.05) is 7.11 Å². The third kappa shape index (κ3) is 4.34. The van der Waals surface area contributed by atoms with Gasteiger partial charge in [0.15, 0.2) is 0 Å². The highest BCUT2D eigenvalue weighted by atomic mass is 16.5. The molecule has 30 heavy (non-hydrogen) atoms. The first kappa shape index (κ1) is 20.7. The molecule has 0 radical (unpaired) electrons. The number of rotatable bonds is 5. The fourth-order valence-electron chi connectivity index (χ4n) is 3.08. The fraction of sp³-hybridized carbons (Fsp3) is 0.182. The lowest BCUT2D eigenvalue weighted by Crippen LogP contribution is -2.01. The molecule has 152 valence electrons. The minimum absolute atomic E-state index is 0.250. The maximum absolute atomic E-state index is 8.12. The Hall–Kier alpha value is -4.03. The van der Waals surface area contributed by atoms with Crippen LogP contribution < -0.4 is 4.74 Å².